The summed E-state index contributed by atoms with van der Waals surface area (Å²) in [7, 11) is 0. The van der Waals surface area contributed by atoms with Crippen molar-refractivity contribution >= 4 is 6.21 Å². The zero-order chi connectivity index (χ0) is 11.9. The van der Waals surface area contributed by atoms with E-state index in [4.69, 9.17) is 0 Å². The molecule has 0 aliphatic carbocycles. The minimum atomic E-state index is 0.485. The fourth-order valence-corrected chi connectivity index (χ4v) is 1.65. The van der Waals surface area contributed by atoms with Crippen LogP contribution in [0.3, 0.4) is 0 Å². The summed E-state index contributed by atoms with van der Waals surface area (Å²) in [6, 6.07) is 19.7. The van der Waals surface area contributed by atoms with Crippen molar-refractivity contribution in [2.75, 3.05) is 6.54 Å². The molecule has 2 aromatic rings. The molecule has 2 nitrogen and oxygen atoms in total. The Labute approximate surface area is 101 Å². The van der Waals surface area contributed by atoms with Crippen molar-refractivity contribution in [2.45, 2.75) is 6.42 Å². The quantitative estimate of drug-likeness (QED) is 0.340. The van der Waals surface area contributed by atoms with E-state index in [-0.39, 0.29) is 0 Å². The molecule has 0 bridgehead atoms. The normalized spacial score (nSPS) is 11.4. The van der Waals surface area contributed by atoms with Crippen molar-refractivity contribution in [2.24, 2.45) is 0 Å². The summed E-state index contributed by atoms with van der Waals surface area (Å²) >= 11 is 0. The van der Waals surface area contributed by atoms with E-state index in [9.17, 15) is 5.21 Å². The van der Waals surface area contributed by atoms with E-state index in [0.717, 1.165) is 16.7 Å². The lowest BCUT2D eigenvalue weighted by Gasteiger charge is -2.04. The molecular formula is C15H15NO. The van der Waals surface area contributed by atoms with Crippen LogP contribution in [-0.4, -0.2) is 17.5 Å². The molecule has 0 aromatic heterocycles. The first-order chi connectivity index (χ1) is 8.34. The highest BCUT2D eigenvalue weighted by Gasteiger charge is 1.97. The molecular weight excluding hydrogens is 210 g/mol. The Hall–Kier alpha value is -2.09. The van der Waals surface area contributed by atoms with Crippen molar-refractivity contribution in [3.63, 3.8) is 0 Å². The highest BCUT2D eigenvalue weighted by atomic mass is 16.5. The molecule has 0 aliphatic heterocycles. The molecule has 0 fully saturated rings. The molecule has 0 aliphatic rings. The SMILES string of the molecule is [O-]/[N+](=C\c1ccccc1)CCc1ccccc1. The van der Waals surface area contributed by atoms with Crippen molar-refractivity contribution < 1.29 is 4.74 Å². The van der Waals surface area contributed by atoms with Crippen LogP contribution >= 0.6 is 0 Å². The van der Waals surface area contributed by atoms with E-state index < -0.39 is 0 Å². The maximum atomic E-state index is 11.6. The van der Waals surface area contributed by atoms with Gasteiger partial charge < -0.3 is 5.21 Å². The van der Waals surface area contributed by atoms with E-state index in [2.05, 4.69) is 0 Å². The maximum Gasteiger partial charge on any atom is 0.181 e. The fourth-order valence-electron chi connectivity index (χ4n) is 1.65. The standard InChI is InChI=1S/C15H15NO/c17-16(13-15-9-5-2-6-10-15)12-11-14-7-3-1-4-8-14/h1-10,13H,11-12H2/b16-13-. The van der Waals surface area contributed by atoms with Crippen LogP contribution in [0.5, 0.6) is 0 Å². The molecule has 0 spiro atoms. The topological polar surface area (TPSA) is 26.1 Å². The van der Waals surface area contributed by atoms with Crippen molar-refractivity contribution in [1.82, 2.24) is 0 Å². The Kier molecular flexibility index (Phi) is 3.92. The molecule has 0 atom stereocenters. The van der Waals surface area contributed by atoms with Gasteiger partial charge in [0.25, 0.3) is 0 Å². The van der Waals surface area contributed by atoms with Crippen LogP contribution in [0.1, 0.15) is 11.1 Å². The van der Waals surface area contributed by atoms with Gasteiger partial charge in [0, 0.05) is 12.0 Å². The highest BCUT2D eigenvalue weighted by Crippen LogP contribution is 2.00. The summed E-state index contributed by atoms with van der Waals surface area (Å²) in [5.41, 5.74) is 2.13. The summed E-state index contributed by atoms with van der Waals surface area (Å²) in [6.07, 6.45) is 2.40. The second-order valence-corrected chi connectivity index (χ2v) is 3.92. The van der Waals surface area contributed by atoms with Gasteiger partial charge in [-0.3, -0.25) is 0 Å². The minimum Gasteiger partial charge on any atom is -0.624 e. The van der Waals surface area contributed by atoms with Crippen LogP contribution in [0.15, 0.2) is 60.7 Å². The largest absolute Gasteiger partial charge is 0.624 e. The average Bonchev–Trinajstić information content (AvgIpc) is 2.39. The minimum absolute atomic E-state index is 0.485. The highest BCUT2D eigenvalue weighted by molar-refractivity contribution is 5.75. The fraction of sp³-hybridized carbons (Fsp3) is 0.133. The van der Waals surface area contributed by atoms with Gasteiger partial charge in [0.2, 0.25) is 0 Å². The van der Waals surface area contributed by atoms with Gasteiger partial charge in [0.15, 0.2) is 12.8 Å². The molecule has 0 heterocycles. The van der Waals surface area contributed by atoms with Gasteiger partial charge in [-0.15, -0.1) is 0 Å². The second-order valence-electron chi connectivity index (χ2n) is 3.92. The van der Waals surface area contributed by atoms with Crippen LogP contribution in [0.25, 0.3) is 0 Å². The predicted octanol–water partition coefficient (Wildman–Crippen LogP) is 2.86. The Morgan fingerprint density at radius 2 is 1.47 bits per heavy atom. The Bertz CT molecular complexity index is 477. The molecule has 0 N–H and O–H groups in total. The molecule has 2 aromatic carbocycles. The van der Waals surface area contributed by atoms with Crippen LogP contribution < -0.4 is 0 Å². The first-order valence-electron chi connectivity index (χ1n) is 5.72. The van der Waals surface area contributed by atoms with Gasteiger partial charge in [-0.25, -0.2) is 4.74 Å². The van der Waals surface area contributed by atoms with E-state index in [1.165, 1.54) is 5.56 Å². The number of hydroxylamine groups is 1. The third kappa shape index (κ3) is 3.76. The summed E-state index contributed by atoms with van der Waals surface area (Å²) in [6.45, 7) is 0.485. The van der Waals surface area contributed by atoms with Crippen LogP contribution in [0, 0.1) is 5.21 Å². The lowest BCUT2D eigenvalue weighted by atomic mass is 10.1. The molecule has 0 saturated carbocycles. The van der Waals surface area contributed by atoms with Crippen molar-refractivity contribution in [3.05, 3.63) is 77.0 Å². The molecule has 0 radical (unpaired) electrons. The summed E-state index contributed by atoms with van der Waals surface area (Å²) < 4.78 is 0.988. The number of nitrogens with zero attached hydrogens (tertiary/aromatic N) is 1. The third-order valence-corrected chi connectivity index (χ3v) is 2.56. The van der Waals surface area contributed by atoms with Gasteiger partial charge >= 0.3 is 0 Å². The first kappa shape index (κ1) is 11.4. The smallest absolute Gasteiger partial charge is 0.181 e. The Morgan fingerprint density at radius 1 is 0.882 bits per heavy atom. The maximum absolute atomic E-state index is 11.6. The Morgan fingerprint density at radius 3 is 2.12 bits per heavy atom. The van der Waals surface area contributed by atoms with E-state index in [1.54, 1.807) is 6.21 Å². The predicted molar refractivity (Wildman–Crippen MR) is 70.2 cm³/mol. The third-order valence-electron chi connectivity index (χ3n) is 2.56. The molecule has 0 saturated heterocycles. The number of benzene rings is 2. The van der Waals surface area contributed by atoms with Gasteiger partial charge in [-0.2, -0.15) is 0 Å². The zero-order valence-corrected chi connectivity index (χ0v) is 9.62. The zero-order valence-electron chi connectivity index (χ0n) is 9.62. The van der Waals surface area contributed by atoms with Crippen molar-refractivity contribution in [1.29, 1.82) is 0 Å². The van der Waals surface area contributed by atoms with Gasteiger partial charge in [-0.05, 0) is 17.7 Å². The van der Waals surface area contributed by atoms with Gasteiger partial charge in [-0.1, -0.05) is 48.5 Å². The van der Waals surface area contributed by atoms with Gasteiger partial charge in [0.05, 0.1) is 0 Å². The van der Waals surface area contributed by atoms with Crippen LogP contribution in [0.2, 0.25) is 0 Å². The van der Waals surface area contributed by atoms with Crippen LogP contribution in [0.4, 0.5) is 0 Å². The first-order valence-corrected chi connectivity index (χ1v) is 5.72. The van der Waals surface area contributed by atoms with Gasteiger partial charge in [0.1, 0.15) is 0 Å². The molecule has 17 heavy (non-hydrogen) atoms. The molecule has 2 heteroatoms. The summed E-state index contributed by atoms with van der Waals surface area (Å²) in [5.74, 6) is 0. The molecule has 86 valence electrons. The van der Waals surface area contributed by atoms with E-state index >= 15 is 0 Å². The van der Waals surface area contributed by atoms with Crippen LogP contribution in [-0.2, 0) is 6.42 Å². The summed E-state index contributed by atoms with van der Waals surface area (Å²) in [4.78, 5) is 0. The lowest BCUT2D eigenvalue weighted by molar-refractivity contribution is -0.451. The molecule has 2 rings (SSSR count). The molecule has 0 unspecified atom stereocenters. The summed E-state index contributed by atoms with van der Waals surface area (Å²) in [5, 5.41) is 11.6. The number of hydrogen-bond donors (Lipinski definition) is 0. The Balaban J connectivity index is 1.94. The monoisotopic (exact) mass is 225 g/mol. The number of hydrogen-bond acceptors (Lipinski definition) is 1. The van der Waals surface area contributed by atoms with E-state index in [1.807, 2.05) is 60.7 Å². The number of rotatable bonds is 4. The second kappa shape index (κ2) is 5.85. The average molecular weight is 225 g/mol. The molecule has 0 amide bonds. The lowest BCUT2D eigenvalue weighted by Crippen LogP contribution is -2.10. The van der Waals surface area contributed by atoms with E-state index in [0.29, 0.717) is 6.54 Å². The van der Waals surface area contributed by atoms with Crippen molar-refractivity contribution in [3.8, 4) is 0 Å².